The predicted octanol–water partition coefficient (Wildman–Crippen LogP) is 0.431. The summed E-state index contributed by atoms with van der Waals surface area (Å²) in [5, 5.41) is 0. The summed E-state index contributed by atoms with van der Waals surface area (Å²) in [6.07, 6.45) is 5.03. The highest BCUT2D eigenvalue weighted by Crippen LogP contribution is 2.09. The average molecular weight is 220 g/mol. The van der Waals surface area contributed by atoms with Gasteiger partial charge in [0.1, 0.15) is 0 Å². The molecule has 0 spiro atoms. The molecule has 0 bridgehead atoms. The number of aldehydes is 1. The highest BCUT2D eigenvalue weighted by Gasteiger charge is 2.14. The Labute approximate surface area is 95.1 Å². The van der Waals surface area contributed by atoms with Crippen molar-refractivity contribution in [2.24, 2.45) is 0 Å². The quantitative estimate of drug-likeness (QED) is 0.676. The molecule has 1 aromatic heterocycles. The van der Waals surface area contributed by atoms with Gasteiger partial charge in [0.05, 0.1) is 5.56 Å². The van der Waals surface area contributed by atoms with Gasteiger partial charge < -0.3 is 9.80 Å². The molecule has 5 heteroatoms. The van der Waals surface area contributed by atoms with Gasteiger partial charge in [0.15, 0.2) is 6.29 Å². The molecule has 0 radical (unpaired) electrons. The molecular weight excluding hydrogens is 204 g/mol. The Morgan fingerprint density at radius 2 is 1.94 bits per heavy atom. The van der Waals surface area contributed by atoms with E-state index < -0.39 is 0 Å². The summed E-state index contributed by atoms with van der Waals surface area (Å²) in [4.78, 5) is 23.4. The molecular formula is C11H16N4O. The highest BCUT2D eigenvalue weighted by molar-refractivity contribution is 5.73. The summed E-state index contributed by atoms with van der Waals surface area (Å²) in [6.45, 7) is 4.06. The van der Waals surface area contributed by atoms with E-state index in [0.717, 1.165) is 44.8 Å². The summed E-state index contributed by atoms with van der Waals surface area (Å²) >= 11 is 0. The minimum absolute atomic E-state index is 0.524. The number of carbonyl (C=O) groups is 1. The van der Waals surface area contributed by atoms with Crippen molar-refractivity contribution < 1.29 is 4.79 Å². The Bertz CT molecular complexity index is 352. The lowest BCUT2D eigenvalue weighted by atomic mass is 10.4. The van der Waals surface area contributed by atoms with Gasteiger partial charge in [0.25, 0.3) is 0 Å². The van der Waals surface area contributed by atoms with Crippen LogP contribution in [0.1, 0.15) is 16.8 Å². The number of rotatable bonds is 2. The third kappa shape index (κ3) is 2.55. The molecule has 0 unspecified atom stereocenters. The minimum Gasteiger partial charge on any atom is -0.339 e. The first-order chi connectivity index (χ1) is 7.79. The van der Waals surface area contributed by atoms with Gasteiger partial charge in [0.2, 0.25) is 5.95 Å². The van der Waals surface area contributed by atoms with Crippen molar-refractivity contribution in [2.45, 2.75) is 6.42 Å². The van der Waals surface area contributed by atoms with E-state index in [2.05, 4.69) is 26.8 Å². The molecule has 0 saturated carbocycles. The number of hydrogen-bond acceptors (Lipinski definition) is 5. The van der Waals surface area contributed by atoms with Crippen molar-refractivity contribution in [3.63, 3.8) is 0 Å². The van der Waals surface area contributed by atoms with Crippen LogP contribution in [0.25, 0.3) is 0 Å². The maximum Gasteiger partial charge on any atom is 0.225 e. The second-order valence-corrected chi connectivity index (χ2v) is 4.08. The lowest BCUT2D eigenvalue weighted by Crippen LogP contribution is -2.30. The number of carbonyl (C=O) groups excluding carboxylic acids is 1. The van der Waals surface area contributed by atoms with E-state index in [1.807, 2.05) is 0 Å². The molecule has 2 rings (SSSR count). The van der Waals surface area contributed by atoms with Crippen LogP contribution >= 0.6 is 0 Å². The maximum atomic E-state index is 10.5. The normalized spacial score (nSPS) is 18.2. The Hall–Kier alpha value is -1.49. The second kappa shape index (κ2) is 5.03. The van der Waals surface area contributed by atoms with Crippen molar-refractivity contribution in [1.82, 2.24) is 14.9 Å². The van der Waals surface area contributed by atoms with E-state index in [9.17, 15) is 4.79 Å². The molecule has 0 aromatic carbocycles. The molecule has 16 heavy (non-hydrogen) atoms. The zero-order chi connectivity index (χ0) is 11.4. The van der Waals surface area contributed by atoms with Gasteiger partial charge in [-0.15, -0.1) is 0 Å². The van der Waals surface area contributed by atoms with E-state index in [-0.39, 0.29) is 0 Å². The fourth-order valence-corrected chi connectivity index (χ4v) is 1.80. The summed E-state index contributed by atoms with van der Waals surface area (Å²) < 4.78 is 0. The van der Waals surface area contributed by atoms with Crippen LogP contribution in [0.5, 0.6) is 0 Å². The van der Waals surface area contributed by atoms with Gasteiger partial charge in [-0.2, -0.15) is 0 Å². The maximum absolute atomic E-state index is 10.5. The number of nitrogens with zero attached hydrogens (tertiary/aromatic N) is 4. The molecule has 1 aliphatic heterocycles. The molecule has 1 aromatic rings. The van der Waals surface area contributed by atoms with Crippen LogP contribution in [-0.2, 0) is 0 Å². The van der Waals surface area contributed by atoms with E-state index in [1.165, 1.54) is 0 Å². The van der Waals surface area contributed by atoms with Crippen molar-refractivity contribution in [3.8, 4) is 0 Å². The molecule has 1 saturated heterocycles. The molecule has 0 aliphatic carbocycles. The van der Waals surface area contributed by atoms with Crippen molar-refractivity contribution >= 4 is 12.2 Å². The summed E-state index contributed by atoms with van der Waals surface area (Å²) in [5.74, 6) is 0.723. The Morgan fingerprint density at radius 1 is 1.19 bits per heavy atom. The smallest absolute Gasteiger partial charge is 0.225 e. The van der Waals surface area contributed by atoms with Crippen LogP contribution in [0, 0.1) is 0 Å². The van der Waals surface area contributed by atoms with Gasteiger partial charge in [-0.05, 0) is 20.0 Å². The van der Waals surface area contributed by atoms with Gasteiger partial charge >= 0.3 is 0 Å². The fraction of sp³-hybridized carbons (Fsp3) is 0.545. The van der Waals surface area contributed by atoms with Crippen LogP contribution in [0.3, 0.4) is 0 Å². The minimum atomic E-state index is 0.524. The average Bonchev–Trinajstić information content (AvgIpc) is 2.54. The fourth-order valence-electron chi connectivity index (χ4n) is 1.80. The zero-order valence-electron chi connectivity index (χ0n) is 9.46. The summed E-state index contributed by atoms with van der Waals surface area (Å²) in [5.41, 5.74) is 0.524. The lowest BCUT2D eigenvalue weighted by Gasteiger charge is -2.19. The highest BCUT2D eigenvalue weighted by atomic mass is 16.1. The third-order valence-corrected chi connectivity index (χ3v) is 2.80. The summed E-state index contributed by atoms with van der Waals surface area (Å²) in [6, 6.07) is 0. The summed E-state index contributed by atoms with van der Waals surface area (Å²) in [7, 11) is 2.12. The van der Waals surface area contributed by atoms with Crippen LogP contribution < -0.4 is 4.90 Å². The molecule has 0 N–H and O–H groups in total. The van der Waals surface area contributed by atoms with Crippen molar-refractivity contribution in [1.29, 1.82) is 0 Å². The number of likely N-dealkylation sites (N-methyl/N-ethyl adjacent to an activating group) is 1. The molecule has 2 heterocycles. The topological polar surface area (TPSA) is 49.3 Å². The monoisotopic (exact) mass is 220 g/mol. The Balaban J connectivity index is 2.07. The van der Waals surface area contributed by atoms with Crippen molar-refractivity contribution in [3.05, 3.63) is 18.0 Å². The zero-order valence-corrected chi connectivity index (χ0v) is 9.46. The van der Waals surface area contributed by atoms with Gasteiger partial charge in [0, 0.05) is 32.0 Å². The first-order valence-electron chi connectivity index (χ1n) is 5.50. The van der Waals surface area contributed by atoms with Crippen molar-refractivity contribution in [2.75, 3.05) is 38.1 Å². The van der Waals surface area contributed by atoms with E-state index in [0.29, 0.717) is 5.56 Å². The second-order valence-electron chi connectivity index (χ2n) is 4.08. The van der Waals surface area contributed by atoms with Gasteiger partial charge in [-0.25, -0.2) is 9.97 Å². The molecule has 0 atom stereocenters. The molecule has 1 fully saturated rings. The largest absolute Gasteiger partial charge is 0.339 e. The van der Waals surface area contributed by atoms with Crippen LogP contribution in [-0.4, -0.2) is 54.4 Å². The standard InChI is InChI=1S/C11H16N4O/c1-14-3-2-4-15(6-5-14)11-12-7-10(9-16)8-13-11/h7-9H,2-6H2,1H3. The van der Waals surface area contributed by atoms with Gasteiger partial charge in [-0.1, -0.05) is 0 Å². The first kappa shape index (κ1) is 11.0. The molecule has 5 nitrogen and oxygen atoms in total. The van der Waals surface area contributed by atoms with E-state index in [1.54, 1.807) is 12.4 Å². The van der Waals surface area contributed by atoms with Crippen LogP contribution in [0.15, 0.2) is 12.4 Å². The van der Waals surface area contributed by atoms with E-state index in [4.69, 9.17) is 0 Å². The van der Waals surface area contributed by atoms with Crippen LogP contribution in [0.2, 0.25) is 0 Å². The molecule has 86 valence electrons. The lowest BCUT2D eigenvalue weighted by molar-refractivity contribution is 0.112. The predicted molar refractivity (Wildman–Crippen MR) is 61.7 cm³/mol. The third-order valence-electron chi connectivity index (χ3n) is 2.80. The van der Waals surface area contributed by atoms with Gasteiger partial charge in [-0.3, -0.25) is 4.79 Å². The molecule has 0 amide bonds. The molecule has 1 aliphatic rings. The number of anilines is 1. The Kier molecular flexibility index (Phi) is 3.46. The van der Waals surface area contributed by atoms with Crippen LogP contribution in [0.4, 0.5) is 5.95 Å². The first-order valence-corrected chi connectivity index (χ1v) is 5.50. The SMILES string of the molecule is CN1CCCN(c2ncc(C=O)cn2)CC1. The number of hydrogen-bond donors (Lipinski definition) is 0. The number of aromatic nitrogens is 2. The van der Waals surface area contributed by atoms with E-state index >= 15 is 0 Å². The Morgan fingerprint density at radius 3 is 2.62 bits per heavy atom.